The number of hydrogen-bond acceptors (Lipinski definition) is 6. The number of rotatable bonds is 7. The predicted molar refractivity (Wildman–Crippen MR) is 122 cm³/mol. The molecule has 2 N–H and O–H groups in total. The lowest BCUT2D eigenvalue weighted by Crippen LogP contribution is -2.23. The lowest BCUT2D eigenvalue weighted by molar-refractivity contribution is -0.140. The molecule has 0 unspecified atom stereocenters. The standard InChI is InChI=1S/C25H25F3N4O2/c1-34-23(33)13-17-5-3-2-4-16(17)7-9-22-21(25(26,27)28)15-30-24(32-22)31-20-8-6-19-14-29-11-10-18(19)12-20/h2-6,8,12,15,29H,7,9-11,13-14H2,1H3,(H,30,31,32). The van der Waals surface area contributed by atoms with Gasteiger partial charge in [0.1, 0.15) is 0 Å². The maximum Gasteiger partial charge on any atom is 0.419 e. The van der Waals surface area contributed by atoms with E-state index in [4.69, 9.17) is 4.74 Å². The first-order valence-corrected chi connectivity index (χ1v) is 11.0. The molecule has 1 aliphatic heterocycles. The maximum absolute atomic E-state index is 13.7. The molecule has 2 heterocycles. The molecule has 0 saturated carbocycles. The van der Waals surface area contributed by atoms with Crippen molar-refractivity contribution in [3.05, 3.63) is 82.2 Å². The lowest BCUT2D eigenvalue weighted by atomic mass is 9.98. The lowest BCUT2D eigenvalue weighted by Gasteiger charge is -2.18. The molecule has 178 valence electrons. The number of anilines is 2. The van der Waals surface area contributed by atoms with E-state index < -0.39 is 17.7 Å². The van der Waals surface area contributed by atoms with E-state index in [0.29, 0.717) is 6.42 Å². The van der Waals surface area contributed by atoms with Crippen molar-refractivity contribution >= 4 is 17.6 Å². The first-order chi connectivity index (χ1) is 16.3. The zero-order valence-corrected chi connectivity index (χ0v) is 18.7. The number of aryl methyl sites for hydroxylation is 2. The monoisotopic (exact) mass is 470 g/mol. The zero-order valence-electron chi connectivity index (χ0n) is 18.7. The molecule has 6 nitrogen and oxygen atoms in total. The van der Waals surface area contributed by atoms with Crippen LogP contribution in [0.15, 0.2) is 48.7 Å². The Hall–Kier alpha value is -3.46. The Bertz CT molecular complexity index is 1180. The number of nitrogens with zero attached hydrogens (tertiary/aromatic N) is 2. The van der Waals surface area contributed by atoms with Gasteiger partial charge in [-0.25, -0.2) is 9.97 Å². The highest BCUT2D eigenvalue weighted by molar-refractivity contribution is 5.72. The number of halogens is 3. The zero-order chi connectivity index (χ0) is 24.1. The van der Waals surface area contributed by atoms with Gasteiger partial charge in [-0.15, -0.1) is 0 Å². The maximum atomic E-state index is 13.7. The van der Waals surface area contributed by atoms with Crippen LogP contribution in [0, 0.1) is 0 Å². The number of nitrogens with one attached hydrogen (secondary N) is 2. The molecule has 4 rings (SSSR count). The van der Waals surface area contributed by atoms with Crippen LogP contribution in [0.1, 0.15) is 33.5 Å². The molecule has 0 aliphatic carbocycles. The molecule has 0 amide bonds. The van der Waals surface area contributed by atoms with Crippen LogP contribution in [0.5, 0.6) is 0 Å². The van der Waals surface area contributed by atoms with E-state index >= 15 is 0 Å². The van der Waals surface area contributed by atoms with Gasteiger partial charge in [-0.05, 0) is 60.2 Å². The van der Waals surface area contributed by atoms with Gasteiger partial charge in [-0.1, -0.05) is 30.3 Å². The SMILES string of the molecule is COC(=O)Cc1ccccc1CCc1nc(Nc2ccc3c(c2)CCNC3)ncc1C(F)(F)F. The van der Waals surface area contributed by atoms with Crippen molar-refractivity contribution in [2.24, 2.45) is 0 Å². The van der Waals surface area contributed by atoms with Gasteiger partial charge in [-0.3, -0.25) is 4.79 Å². The van der Waals surface area contributed by atoms with Crippen LogP contribution in [-0.2, 0) is 47.9 Å². The fourth-order valence-corrected chi connectivity index (χ4v) is 4.04. The highest BCUT2D eigenvalue weighted by Gasteiger charge is 2.35. The molecule has 2 aromatic carbocycles. The summed E-state index contributed by atoms with van der Waals surface area (Å²) in [6, 6.07) is 13.0. The second-order valence-corrected chi connectivity index (χ2v) is 8.11. The van der Waals surface area contributed by atoms with Gasteiger partial charge >= 0.3 is 12.1 Å². The van der Waals surface area contributed by atoms with Crippen LogP contribution in [0.25, 0.3) is 0 Å². The number of ether oxygens (including phenoxy) is 1. The minimum absolute atomic E-state index is 0.0418. The van der Waals surface area contributed by atoms with E-state index in [9.17, 15) is 18.0 Å². The summed E-state index contributed by atoms with van der Waals surface area (Å²) in [5.41, 5.74) is 3.67. The number of fused-ring (bicyclic) bond motifs is 1. The van der Waals surface area contributed by atoms with Crippen LogP contribution in [-0.4, -0.2) is 29.6 Å². The van der Waals surface area contributed by atoms with Crippen LogP contribution in [0.2, 0.25) is 0 Å². The molecule has 0 atom stereocenters. The first-order valence-electron chi connectivity index (χ1n) is 11.0. The fraction of sp³-hybridized carbons (Fsp3) is 0.320. The Kier molecular flexibility index (Phi) is 7.12. The summed E-state index contributed by atoms with van der Waals surface area (Å²) < 4.78 is 45.7. The Morgan fingerprint density at radius 3 is 2.68 bits per heavy atom. The number of methoxy groups -OCH3 is 1. The fourth-order valence-electron chi connectivity index (χ4n) is 4.04. The number of carbonyl (C=O) groups excluding carboxylic acids is 1. The van der Waals surface area contributed by atoms with E-state index in [2.05, 4.69) is 20.6 Å². The smallest absolute Gasteiger partial charge is 0.419 e. The van der Waals surface area contributed by atoms with E-state index in [1.165, 1.54) is 18.2 Å². The Morgan fingerprint density at radius 1 is 1.12 bits per heavy atom. The van der Waals surface area contributed by atoms with E-state index in [1.807, 2.05) is 18.2 Å². The number of hydrogen-bond donors (Lipinski definition) is 2. The van der Waals surface area contributed by atoms with Crippen molar-refractivity contribution in [1.29, 1.82) is 0 Å². The summed E-state index contributed by atoms with van der Waals surface area (Å²) in [5.74, 6) is -0.294. The molecule has 0 radical (unpaired) electrons. The van der Waals surface area contributed by atoms with Crippen molar-refractivity contribution in [2.75, 3.05) is 19.0 Å². The third-order valence-electron chi connectivity index (χ3n) is 5.83. The average molecular weight is 470 g/mol. The highest BCUT2D eigenvalue weighted by Crippen LogP contribution is 2.32. The summed E-state index contributed by atoms with van der Waals surface area (Å²) in [5, 5.41) is 6.35. The minimum Gasteiger partial charge on any atom is -0.469 e. The molecular weight excluding hydrogens is 445 g/mol. The van der Waals surface area contributed by atoms with Crippen LogP contribution < -0.4 is 10.6 Å². The van der Waals surface area contributed by atoms with Gasteiger partial charge in [0.2, 0.25) is 5.95 Å². The third kappa shape index (κ3) is 5.72. The van der Waals surface area contributed by atoms with Crippen molar-refractivity contribution < 1.29 is 22.7 Å². The van der Waals surface area contributed by atoms with Gasteiger partial charge < -0.3 is 15.4 Å². The van der Waals surface area contributed by atoms with Crippen LogP contribution in [0.3, 0.4) is 0 Å². The van der Waals surface area contributed by atoms with Gasteiger partial charge in [-0.2, -0.15) is 13.2 Å². The molecule has 34 heavy (non-hydrogen) atoms. The number of alkyl halides is 3. The van der Waals surface area contributed by atoms with E-state index in [0.717, 1.165) is 42.5 Å². The van der Waals surface area contributed by atoms with E-state index in [-0.39, 0.29) is 24.5 Å². The Balaban J connectivity index is 1.57. The Labute approximate surface area is 195 Å². The number of esters is 1. The van der Waals surface area contributed by atoms with Gasteiger partial charge in [0.15, 0.2) is 0 Å². The average Bonchev–Trinajstić information content (AvgIpc) is 2.82. The largest absolute Gasteiger partial charge is 0.469 e. The Morgan fingerprint density at radius 2 is 1.91 bits per heavy atom. The van der Waals surface area contributed by atoms with Gasteiger partial charge in [0.05, 0.1) is 24.8 Å². The number of carbonyl (C=O) groups is 1. The van der Waals surface area contributed by atoms with Crippen molar-refractivity contribution in [3.8, 4) is 0 Å². The predicted octanol–water partition coefficient (Wildman–Crippen LogP) is 4.39. The van der Waals surface area contributed by atoms with E-state index in [1.54, 1.807) is 24.3 Å². The molecule has 0 bridgehead atoms. The quantitative estimate of drug-likeness (QED) is 0.499. The minimum atomic E-state index is -4.57. The normalized spacial score (nSPS) is 13.3. The summed E-state index contributed by atoms with van der Waals surface area (Å²) in [6.07, 6.45) is -2.47. The van der Waals surface area contributed by atoms with Crippen molar-refractivity contribution in [1.82, 2.24) is 15.3 Å². The third-order valence-corrected chi connectivity index (χ3v) is 5.83. The molecular formula is C25H25F3N4O2. The summed E-state index contributed by atoms with van der Waals surface area (Å²) >= 11 is 0. The summed E-state index contributed by atoms with van der Waals surface area (Å²) in [4.78, 5) is 19.8. The van der Waals surface area contributed by atoms with Crippen LogP contribution in [0.4, 0.5) is 24.8 Å². The van der Waals surface area contributed by atoms with Gasteiger partial charge in [0.25, 0.3) is 0 Å². The molecule has 3 aromatic rings. The van der Waals surface area contributed by atoms with Crippen molar-refractivity contribution in [2.45, 2.75) is 38.4 Å². The molecule has 9 heteroatoms. The topological polar surface area (TPSA) is 76.1 Å². The molecule has 1 aromatic heterocycles. The molecule has 0 saturated heterocycles. The summed E-state index contributed by atoms with van der Waals surface area (Å²) in [7, 11) is 1.30. The second kappa shape index (κ2) is 10.2. The second-order valence-electron chi connectivity index (χ2n) is 8.11. The van der Waals surface area contributed by atoms with Crippen molar-refractivity contribution in [3.63, 3.8) is 0 Å². The number of benzene rings is 2. The molecule has 0 spiro atoms. The van der Waals surface area contributed by atoms with Crippen LogP contribution >= 0.6 is 0 Å². The van der Waals surface area contributed by atoms with Gasteiger partial charge in [0, 0.05) is 18.4 Å². The highest BCUT2D eigenvalue weighted by atomic mass is 19.4. The molecule has 1 aliphatic rings. The first kappa shape index (κ1) is 23.7. The summed E-state index contributed by atoms with van der Waals surface area (Å²) in [6.45, 7) is 1.68. The molecule has 0 fully saturated rings. The number of aromatic nitrogens is 2.